The molecule has 0 aliphatic heterocycles. The third kappa shape index (κ3) is 2.52. The predicted octanol–water partition coefficient (Wildman–Crippen LogP) is 3.31. The highest BCUT2D eigenvalue weighted by Crippen LogP contribution is 2.39. The van der Waals surface area contributed by atoms with Crippen LogP contribution in [0.1, 0.15) is 35.8 Å². The number of hydrogen-bond acceptors (Lipinski definition) is 3. The van der Waals surface area contributed by atoms with Crippen LogP contribution in [0.4, 0.5) is 5.00 Å². The van der Waals surface area contributed by atoms with Gasteiger partial charge in [-0.05, 0) is 30.7 Å². The van der Waals surface area contributed by atoms with Crippen molar-refractivity contribution in [3.8, 4) is 6.07 Å². The smallest absolute Gasteiger partial charge is 0.239 e. The van der Waals surface area contributed by atoms with Gasteiger partial charge in [0.2, 0.25) is 5.91 Å². The Bertz CT molecular complexity index is 504. The number of nitrogens with one attached hydrogen (secondary N) is 1. The third-order valence-corrected chi connectivity index (χ3v) is 4.84. The molecule has 0 bridgehead atoms. The maximum Gasteiger partial charge on any atom is 0.239 e. The van der Waals surface area contributed by atoms with Gasteiger partial charge in [-0.3, -0.25) is 4.79 Å². The standard InChI is InChI=1S/C13H15ClN2OS/c1-2-8-3-4-9-10(7-15)13(16-12(17)6-14)18-11(9)5-8/h8H,2-6H2,1H3,(H,16,17). The number of anilines is 1. The Morgan fingerprint density at radius 2 is 2.44 bits per heavy atom. The SMILES string of the molecule is CCC1CCc2c(sc(NC(=O)CCl)c2C#N)C1. The Morgan fingerprint density at radius 3 is 3.06 bits per heavy atom. The quantitative estimate of drug-likeness (QED) is 0.865. The molecule has 1 aromatic rings. The molecule has 1 unspecified atom stereocenters. The number of carbonyl (C=O) groups excluding carboxylic acids is 1. The summed E-state index contributed by atoms with van der Waals surface area (Å²) in [7, 11) is 0. The summed E-state index contributed by atoms with van der Waals surface area (Å²) in [5.41, 5.74) is 1.78. The molecule has 18 heavy (non-hydrogen) atoms. The van der Waals surface area contributed by atoms with E-state index in [1.54, 1.807) is 0 Å². The second-order valence-corrected chi connectivity index (χ2v) is 5.89. The van der Waals surface area contributed by atoms with Gasteiger partial charge in [0.25, 0.3) is 0 Å². The fourth-order valence-corrected chi connectivity index (χ4v) is 3.76. The maximum absolute atomic E-state index is 11.3. The van der Waals surface area contributed by atoms with E-state index in [2.05, 4.69) is 18.3 Å². The number of halogens is 1. The zero-order valence-electron chi connectivity index (χ0n) is 10.3. The van der Waals surface area contributed by atoms with Crippen molar-refractivity contribution in [3.05, 3.63) is 16.0 Å². The number of thiophene rings is 1. The Labute approximate surface area is 116 Å². The van der Waals surface area contributed by atoms with Gasteiger partial charge in [0, 0.05) is 4.88 Å². The summed E-state index contributed by atoms with van der Waals surface area (Å²) in [5, 5.41) is 12.6. The van der Waals surface area contributed by atoms with E-state index in [1.165, 1.54) is 22.6 Å². The molecule has 1 atom stereocenters. The minimum absolute atomic E-state index is 0.0784. The molecule has 0 fully saturated rings. The van der Waals surface area contributed by atoms with Crippen LogP contribution in [0.2, 0.25) is 0 Å². The van der Waals surface area contributed by atoms with Crippen molar-refractivity contribution in [1.29, 1.82) is 5.26 Å². The van der Waals surface area contributed by atoms with Crippen molar-refractivity contribution in [2.75, 3.05) is 11.2 Å². The second-order valence-electron chi connectivity index (χ2n) is 4.52. The van der Waals surface area contributed by atoms with Gasteiger partial charge in [-0.1, -0.05) is 13.3 Å². The summed E-state index contributed by atoms with van der Waals surface area (Å²) in [6.45, 7) is 2.20. The average Bonchev–Trinajstić information content (AvgIpc) is 2.74. The number of amides is 1. The largest absolute Gasteiger partial charge is 0.316 e. The molecule has 1 amide bonds. The Morgan fingerprint density at radius 1 is 1.67 bits per heavy atom. The van der Waals surface area contributed by atoms with E-state index in [4.69, 9.17) is 11.6 Å². The molecular formula is C13H15ClN2OS. The Balaban J connectivity index is 2.31. The summed E-state index contributed by atoms with van der Waals surface area (Å²) in [5.74, 6) is 0.378. The minimum Gasteiger partial charge on any atom is -0.316 e. The highest BCUT2D eigenvalue weighted by Gasteiger charge is 2.25. The van der Waals surface area contributed by atoms with Crippen LogP contribution in [-0.4, -0.2) is 11.8 Å². The van der Waals surface area contributed by atoms with Gasteiger partial charge in [-0.2, -0.15) is 5.26 Å². The predicted molar refractivity (Wildman–Crippen MR) is 74.2 cm³/mol. The first-order valence-electron chi connectivity index (χ1n) is 6.10. The monoisotopic (exact) mass is 282 g/mol. The van der Waals surface area contributed by atoms with E-state index >= 15 is 0 Å². The lowest BCUT2D eigenvalue weighted by Crippen LogP contribution is -2.13. The Hall–Kier alpha value is -1.05. The third-order valence-electron chi connectivity index (χ3n) is 3.43. The van der Waals surface area contributed by atoms with E-state index in [1.807, 2.05) is 0 Å². The summed E-state index contributed by atoms with van der Waals surface area (Å²) < 4.78 is 0. The van der Waals surface area contributed by atoms with Crippen molar-refractivity contribution in [3.63, 3.8) is 0 Å². The first-order chi connectivity index (χ1) is 8.69. The van der Waals surface area contributed by atoms with E-state index in [0.717, 1.165) is 24.8 Å². The van der Waals surface area contributed by atoms with Crippen LogP contribution in [0.3, 0.4) is 0 Å². The minimum atomic E-state index is -0.251. The molecular weight excluding hydrogens is 268 g/mol. The highest BCUT2D eigenvalue weighted by atomic mass is 35.5. The fourth-order valence-electron chi connectivity index (χ4n) is 2.37. The van der Waals surface area contributed by atoms with Crippen LogP contribution in [-0.2, 0) is 17.6 Å². The van der Waals surface area contributed by atoms with E-state index < -0.39 is 0 Å². The van der Waals surface area contributed by atoms with Crippen LogP contribution in [0.15, 0.2) is 0 Å². The van der Waals surface area contributed by atoms with Crippen molar-refractivity contribution in [1.82, 2.24) is 0 Å². The molecule has 2 rings (SSSR count). The molecule has 1 heterocycles. The number of hydrogen-bond donors (Lipinski definition) is 1. The summed E-state index contributed by atoms with van der Waals surface area (Å²) in [6, 6.07) is 2.22. The van der Waals surface area contributed by atoms with E-state index in [9.17, 15) is 10.1 Å². The summed E-state index contributed by atoms with van der Waals surface area (Å²) in [4.78, 5) is 12.6. The van der Waals surface area contributed by atoms with Crippen LogP contribution >= 0.6 is 22.9 Å². The van der Waals surface area contributed by atoms with Gasteiger partial charge in [0.15, 0.2) is 0 Å². The number of nitrogens with zero attached hydrogens (tertiary/aromatic N) is 1. The van der Waals surface area contributed by atoms with E-state index in [0.29, 0.717) is 16.5 Å². The topological polar surface area (TPSA) is 52.9 Å². The normalized spacial score (nSPS) is 17.9. The maximum atomic E-state index is 11.3. The lowest BCUT2D eigenvalue weighted by Gasteiger charge is -2.20. The molecule has 96 valence electrons. The molecule has 1 aliphatic rings. The van der Waals surface area contributed by atoms with Crippen LogP contribution < -0.4 is 5.32 Å². The van der Waals surface area contributed by atoms with E-state index in [-0.39, 0.29) is 11.8 Å². The zero-order valence-corrected chi connectivity index (χ0v) is 11.8. The van der Waals surface area contributed by atoms with Gasteiger partial charge < -0.3 is 5.32 Å². The molecule has 0 aromatic carbocycles. The Kier molecular flexibility index (Phi) is 4.26. The first-order valence-corrected chi connectivity index (χ1v) is 7.45. The average molecular weight is 283 g/mol. The molecule has 3 nitrogen and oxygen atoms in total. The molecule has 1 N–H and O–H groups in total. The van der Waals surface area contributed by atoms with Crippen LogP contribution in [0.25, 0.3) is 0 Å². The number of nitriles is 1. The van der Waals surface area contributed by atoms with Crippen molar-refractivity contribution in [2.24, 2.45) is 5.92 Å². The van der Waals surface area contributed by atoms with Crippen LogP contribution in [0.5, 0.6) is 0 Å². The second kappa shape index (κ2) is 5.73. The van der Waals surface area contributed by atoms with Gasteiger partial charge in [0.05, 0.1) is 5.56 Å². The first kappa shape index (κ1) is 13.4. The number of rotatable bonds is 3. The molecule has 0 radical (unpaired) electrons. The molecule has 5 heteroatoms. The molecule has 1 aliphatic carbocycles. The summed E-state index contributed by atoms with van der Waals surface area (Å²) in [6.07, 6.45) is 4.28. The molecule has 0 spiro atoms. The van der Waals surface area contributed by atoms with Gasteiger partial charge >= 0.3 is 0 Å². The molecule has 1 aromatic heterocycles. The van der Waals surface area contributed by atoms with Crippen molar-refractivity contribution in [2.45, 2.75) is 32.6 Å². The highest BCUT2D eigenvalue weighted by molar-refractivity contribution is 7.16. The zero-order chi connectivity index (χ0) is 13.1. The van der Waals surface area contributed by atoms with Gasteiger partial charge in [-0.25, -0.2) is 0 Å². The van der Waals surface area contributed by atoms with Crippen LogP contribution in [0, 0.1) is 17.2 Å². The fraction of sp³-hybridized carbons (Fsp3) is 0.538. The van der Waals surface area contributed by atoms with Gasteiger partial charge in [-0.15, -0.1) is 22.9 Å². The molecule has 0 saturated heterocycles. The van der Waals surface area contributed by atoms with Gasteiger partial charge in [0.1, 0.15) is 17.0 Å². The number of carbonyl (C=O) groups is 1. The number of fused-ring (bicyclic) bond motifs is 1. The summed E-state index contributed by atoms with van der Waals surface area (Å²) >= 11 is 7.02. The molecule has 0 saturated carbocycles. The van der Waals surface area contributed by atoms with Crippen molar-refractivity contribution < 1.29 is 4.79 Å². The lowest BCUT2D eigenvalue weighted by atomic mass is 9.86. The number of alkyl halides is 1. The lowest BCUT2D eigenvalue weighted by molar-refractivity contribution is -0.113. The van der Waals surface area contributed by atoms with Crippen molar-refractivity contribution >= 4 is 33.8 Å².